The van der Waals surface area contributed by atoms with Crippen LogP contribution in [-0.2, 0) is 9.47 Å². The lowest BCUT2D eigenvalue weighted by molar-refractivity contribution is 0.141. The molecule has 38 heavy (non-hydrogen) atoms. The molecule has 0 aliphatic heterocycles. The van der Waals surface area contributed by atoms with Crippen LogP contribution >= 0.6 is 23.5 Å². The van der Waals surface area contributed by atoms with Crippen molar-refractivity contribution in [1.82, 2.24) is 0 Å². The summed E-state index contributed by atoms with van der Waals surface area (Å²) in [6, 6.07) is 4.48. The number of hydrogen-bond donors (Lipinski definition) is 0. The molecule has 0 spiro atoms. The molecule has 0 saturated heterocycles. The third kappa shape index (κ3) is 13.0. The standard InChI is InChI=1S/C30H48N2O4S2/c1-5-7-9-11-13-15-21-37-29-27(35-19-17-33-3)25(23-31)26(24-32)28(36-20-18-34-4)30(29)38-22-16-14-12-10-8-6-2/h5-22H2,1-4H3. The van der Waals surface area contributed by atoms with E-state index in [4.69, 9.17) is 18.9 Å². The topological polar surface area (TPSA) is 84.5 Å². The highest BCUT2D eigenvalue weighted by atomic mass is 32.2. The van der Waals surface area contributed by atoms with Gasteiger partial charge in [0.25, 0.3) is 0 Å². The largest absolute Gasteiger partial charge is 0.489 e. The molecule has 0 heterocycles. The van der Waals surface area contributed by atoms with Crippen LogP contribution in [0.5, 0.6) is 11.5 Å². The van der Waals surface area contributed by atoms with Crippen LogP contribution in [0, 0.1) is 22.7 Å². The van der Waals surface area contributed by atoms with Gasteiger partial charge in [0.1, 0.15) is 36.5 Å². The summed E-state index contributed by atoms with van der Waals surface area (Å²) in [4.78, 5) is 1.82. The van der Waals surface area contributed by atoms with Crippen LogP contribution < -0.4 is 9.47 Å². The third-order valence-corrected chi connectivity index (χ3v) is 8.57. The van der Waals surface area contributed by atoms with Gasteiger partial charge in [-0.1, -0.05) is 78.1 Å². The average Bonchev–Trinajstić information content (AvgIpc) is 2.93. The lowest BCUT2D eigenvalue weighted by Crippen LogP contribution is -2.11. The molecule has 1 aromatic carbocycles. The first-order chi connectivity index (χ1) is 18.7. The van der Waals surface area contributed by atoms with Crippen molar-refractivity contribution < 1.29 is 18.9 Å². The number of ether oxygens (including phenoxy) is 4. The molecule has 0 radical (unpaired) electrons. The Balaban J connectivity index is 3.30. The summed E-state index contributed by atoms with van der Waals surface area (Å²) in [5, 5.41) is 20.2. The zero-order valence-corrected chi connectivity index (χ0v) is 25.7. The average molecular weight is 565 g/mol. The molecule has 6 nitrogen and oxygen atoms in total. The van der Waals surface area contributed by atoms with Gasteiger partial charge in [0.15, 0.2) is 11.5 Å². The zero-order chi connectivity index (χ0) is 27.8. The Kier molecular flexibility index (Phi) is 21.1. The van der Waals surface area contributed by atoms with Gasteiger partial charge in [-0.05, 0) is 24.3 Å². The smallest absolute Gasteiger partial charge is 0.153 e. The molecule has 1 rings (SSSR count). The number of hydrogen-bond acceptors (Lipinski definition) is 8. The number of thioether (sulfide) groups is 2. The van der Waals surface area contributed by atoms with Crippen molar-refractivity contribution in [3.8, 4) is 23.6 Å². The molecule has 0 fully saturated rings. The Hall–Kier alpha value is -1.58. The molecule has 214 valence electrons. The van der Waals surface area contributed by atoms with E-state index in [1.54, 1.807) is 37.7 Å². The summed E-state index contributed by atoms with van der Waals surface area (Å²) >= 11 is 3.43. The van der Waals surface area contributed by atoms with Gasteiger partial charge in [0.05, 0.1) is 23.0 Å². The fraction of sp³-hybridized carbons (Fsp3) is 0.733. The lowest BCUT2D eigenvalue weighted by Gasteiger charge is -2.21. The highest BCUT2D eigenvalue weighted by molar-refractivity contribution is 8.02. The summed E-state index contributed by atoms with van der Waals surface area (Å²) in [5.41, 5.74) is 0.482. The number of nitrogens with zero attached hydrogens (tertiary/aromatic N) is 2. The molecule has 0 aliphatic rings. The van der Waals surface area contributed by atoms with Crippen LogP contribution in [0.2, 0.25) is 0 Å². The fourth-order valence-electron chi connectivity index (χ4n) is 3.98. The van der Waals surface area contributed by atoms with E-state index < -0.39 is 0 Å². The Bertz CT molecular complexity index is 783. The van der Waals surface area contributed by atoms with Crippen molar-refractivity contribution in [3.63, 3.8) is 0 Å². The van der Waals surface area contributed by atoms with Gasteiger partial charge in [0, 0.05) is 14.2 Å². The molecule has 0 unspecified atom stereocenters. The highest BCUT2D eigenvalue weighted by Gasteiger charge is 2.27. The summed E-state index contributed by atoms with van der Waals surface area (Å²) in [5.74, 6) is 2.82. The first kappa shape index (κ1) is 34.4. The maximum absolute atomic E-state index is 10.1. The Morgan fingerprint density at radius 2 is 0.921 bits per heavy atom. The predicted molar refractivity (Wildman–Crippen MR) is 159 cm³/mol. The summed E-state index contributed by atoms with van der Waals surface area (Å²) < 4.78 is 22.7. The predicted octanol–water partition coefficient (Wildman–Crippen LogP) is 8.39. The van der Waals surface area contributed by atoms with E-state index in [1.807, 2.05) is 0 Å². The first-order valence-electron chi connectivity index (χ1n) is 14.2. The van der Waals surface area contributed by atoms with Crippen LogP contribution in [0.25, 0.3) is 0 Å². The van der Waals surface area contributed by atoms with Crippen molar-refractivity contribution in [2.24, 2.45) is 0 Å². The molecule has 0 bridgehead atoms. The lowest BCUT2D eigenvalue weighted by atomic mass is 10.1. The van der Waals surface area contributed by atoms with Crippen molar-refractivity contribution in [2.75, 3.05) is 52.2 Å². The van der Waals surface area contributed by atoms with Crippen LogP contribution in [0.1, 0.15) is 102 Å². The van der Waals surface area contributed by atoms with E-state index in [1.165, 1.54) is 64.2 Å². The second kappa shape index (κ2) is 23.3. The van der Waals surface area contributed by atoms with E-state index in [0.717, 1.165) is 34.1 Å². The number of rotatable bonds is 24. The van der Waals surface area contributed by atoms with Gasteiger partial charge in [-0.2, -0.15) is 10.5 Å². The SMILES string of the molecule is CCCCCCCCSc1c(OCCOC)c(C#N)c(C#N)c(OCCOC)c1SCCCCCCCC. The van der Waals surface area contributed by atoms with E-state index in [2.05, 4.69) is 26.0 Å². The minimum absolute atomic E-state index is 0.241. The van der Waals surface area contributed by atoms with Crippen LogP contribution in [-0.4, -0.2) is 52.2 Å². The minimum Gasteiger partial charge on any atom is -0.489 e. The number of nitriles is 2. The van der Waals surface area contributed by atoms with Crippen molar-refractivity contribution in [2.45, 2.75) is 101 Å². The second-order valence-electron chi connectivity index (χ2n) is 9.21. The molecule has 8 heteroatoms. The van der Waals surface area contributed by atoms with Gasteiger partial charge in [-0.15, -0.1) is 23.5 Å². The van der Waals surface area contributed by atoms with Gasteiger partial charge < -0.3 is 18.9 Å². The van der Waals surface area contributed by atoms with Crippen molar-refractivity contribution in [1.29, 1.82) is 10.5 Å². The molecule has 0 aromatic heterocycles. The van der Waals surface area contributed by atoms with Crippen molar-refractivity contribution >= 4 is 23.5 Å². The molecule has 0 saturated carbocycles. The van der Waals surface area contributed by atoms with Gasteiger partial charge in [-0.3, -0.25) is 0 Å². The van der Waals surface area contributed by atoms with Crippen LogP contribution in [0.4, 0.5) is 0 Å². The minimum atomic E-state index is 0.241. The highest BCUT2D eigenvalue weighted by Crippen LogP contribution is 2.49. The molecule has 0 atom stereocenters. The molecular weight excluding hydrogens is 516 g/mol. The van der Waals surface area contributed by atoms with E-state index in [9.17, 15) is 10.5 Å². The van der Waals surface area contributed by atoms with Crippen LogP contribution in [0.3, 0.4) is 0 Å². The second-order valence-corrected chi connectivity index (χ2v) is 11.4. The van der Waals surface area contributed by atoms with E-state index in [-0.39, 0.29) is 11.1 Å². The Labute approximate surface area is 240 Å². The summed E-state index contributed by atoms with van der Waals surface area (Å²) in [6.45, 7) is 5.89. The maximum Gasteiger partial charge on any atom is 0.153 e. The normalized spacial score (nSPS) is 10.8. The van der Waals surface area contributed by atoms with E-state index in [0.29, 0.717) is 37.9 Å². The summed E-state index contributed by atoms with van der Waals surface area (Å²) in [7, 11) is 3.25. The molecule has 0 aliphatic carbocycles. The maximum atomic E-state index is 10.1. The number of benzene rings is 1. The van der Waals surface area contributed by atoms with Crippen LogP contribution in [0.15, 0.2) is 9.79 Å². The Morgan fingerprint density at radius 3 is 1.26 bits per heavy atom. The quantitative estimate of drug-likeness (QED) is 0.0914. The first-order valence-corrected chi connectivity index (χ1v) is 16.2. The molecule has 0 amide bonds. The number of methoxy groups -OCH3 is 2. The molecule has 1 aromatic rings. The fourth-order valence-corrected chi connectivity index (χ4v) is 6.47. The molecular formula is C30H48N2O4S2. The monoisotopic (exact) mass is 564 g/mol. The van der Waals surface area contributed by atoms with Gasteiger partial charge in [0.2, 0.25) is 0 Å². The van der Waals surface area contributed by atoms with Gasteiger partial charge >= 0.3 is 0 Å². The zero-order valence-electron chi connectivity index (χ0n) is 24.1. The van der Waals surface area contributed by atoms with Crippen molar-refractivity contribution in [3.05, 3.63) is 11.1 Å². The number of unbranched alkanes of at least 4 members (excludes halogenated alkanes) is 10. The van der Waals surface area contributed by atoms with E-state index >= 15 is 0 Å². The van der Waals surface area contributed by atoms with Gasteiger partial charge in [-0.25, -0.2) is 0 Å². The molecule has 0 N–H and O–H groups in total. The summed E-state index contributed by atoms with van der Waals surface area (Å²) in [6.07, 6.45) is 14.6. The third-order valence-electron chi connectivity index (χ3n) is 6.10. The Morgan fingerprint density at radius 1 is 0.553 bits per heavy atom.